The molecular formula is C23H31N5. The highest BCUT2D eigenvalue weighted by molar-refractivity contribution is 5.81. The number of fused-ring (bicyclic) bond motifs is 1. The molecule has 148 valence electrons. The molecule has 4 rings (SSSR count). The van der Waals surface area contributed by atoms with E-state index >= 15 is 0 Å². The summed E-state index contributed by atoms with van der Waals surface area (Å²) in [6.45, 7) is 6.81. The number of hydrogen-bond acceptors (Lipinski definition) is 4. The second kappa shape index (κ2) is 7.90. The lowest BCUT2D eigenvalue weighted by Gasteiger charge is -2.42. The number of rotatable bonds is 6. The molecule has 0 radical (unpaired) electrons. The predicted molar refractivity (Wildman–Crippen MR) is 115 cm³/mol. The van der Waals surface area contributed by atoms with Crippen molar-refractivity contribution < 1.29 is 0 Å². The lowest BCUT2D eigenvalue weighted by Crippen LogP contribution is -2.40. The fourth-order valence-corrected chi connectivity index (χ4v) is 4.84. The van der Waals surface area contributed by atoms with E-state index in [1.54, 1.807) is 0 Å². The molecule has 1 aliphatic rings. The van der Waals surface area contributed by atoms with Crippen molar-refractivity contribution in [1.82, 2.24) is 19.7 Å². The number of imidazole rings is 1. The third-order valence-corrected chi connectivity index (χ3v) is 6.38. The summed E-state index contributed by atoms with van der Waals surface area (Å²) < 4.78 is 2.03. The van der Waals surface area contributed by atoms with Crippen molar-refractivity contribution in [3.8, 4) is 11.3 Å². The molecule has 0 aliphatic carbocycles. The second-order valence-corrected chi connectivity index (χ2v) is 8.32. The summed E-state index contributed by atoms with van der Waals surface area (Å²) in [6.07, 6.45) is 9.68. The van der Waals surface area contributed by atoms with Crippen molar-refractivity contribution in [2.24, 2.45) is 12.5 Å². The van der Waals surface area contributed by atoms with Gasteiger partial charge >= 0.3 is 0 Å². The van der Waals surface area contributed by atoms with E-state index in [4.69, 9.17) is 0 Å². The number of aryl methyl sites for hydroxylation is 1. The third-order valence-electron chi connectivity index (χ3n) is 6.38. The minimum absolute atomic E-state index is 0.547. The summed E-state index contributed by atoms with van der Waals surface area (Å²) in [7, 11) is 2.01. The average Bonchev–Trinajstić information content (AvgIpc) is 3.09. The van der Waals surface area contributed by atoms with Crippen molar-refractivity contribution in [2.45, 2.75) is 52.4 Å². The average molecular weight is 378 g/mol. The van der Waals surface area contributed by atoms with Crippen LogP contribution in [0.25, 0.3) is 22.3 Å². The topological polar surface area (TPSA) is 46.8 Å². The Labute approximate surface area is 167 Å². The molecule has 5 nitrogen and oxygen atoms in total. The highest BCUT2D eigenvalue weighted by Gasteiger charge is 2.33. The van der Waals surface area contributed by atoms with Gasteiger partial charge in [-0.3, -0.25) is 0 Å². The van der Waals surface area contributed by atoms with Gasteiger partial charge in [-0.25, -0.2) is 4.98 Å². The molecule has 1 fully saturated rings. The largest absolute Gasteiger partial charge is 0.355 e. The lowest BCUT2D eigenvalue weighted by molar-refractivity contribution is 0.178. The van der Waals surface area contributed by atoms with E-state index < -0.39 is 0 Å². The Bertz CT molecular complexity index is 912. The van der Waals surface area contributed by atoms with Crippen LogP contribution < -0.4 is 4.90 Å². The van der Waals surface area contributed by atoms with E-state index in [1.165, 1.54) is 38.5 Å². The first kappa shape index (κ1) is 18.9. The predicted octanol–water partition coefficient (Wildman–Crippen LogP) is 5.22. The van der Waals surface area contributed by atoms with E-state index in [0.717, 1.165) is 41.2 Å². The zero-order chi connectivity index (χ0) is 19.6. The molecule has 3 heterocycles. The summed E-state index contributed by atoms with van der Waals surface area (Å²) >= 11 is 0. The molecule has 5 heteroatoms. The monoisotopic (exact) mass is 377 g/mol. The van der Waals surface area contributed by atoms with E-state index in [1.807, 2.05) is 17.9 Å². The molecule has 0 atom stereocenters. The molecule has 3 aromatic rings. The highest BCUT2D eigenvalue weighted by Crippen LogP contribution is 2.41. The van der Waals surface area contributed by atoms with E-state index in [2.05, 4.69) is 64.3 Å². The van der Waals surface area contributed by atoms with Crippen LogP contribution in [-0.2, 0) is 7.05 Å². The van der Waals surface area contributed by atoms with Gasteiger partial charge in [-0.1, -0.05) is 32.8 Å². The van der Waals surface area contributed by atoms with Gasteiger partial charge in [-0.15, -0.1) is 10.2 Å². The third kappa shape index (κ3) is 3.62. The molecule has 0 unspecified atom stereocenters. The Morgan fingerprint density at radius 2 is 1.71 bits per heavy atom. The van der Waals surface area contributed by atoms with Gasteiger partial charge in [0.15, 0.2) is 5.82 Å². The van der Waals surface area contributed by atoms with Crippen molar-refractivity contribution >= 4 is 16.9 Å². The molecule has 0 N–H and O–H groups in total. The molecule has 0 saturated carbocycles. The molecule has 0 spiro atoms. The summed E-state index contributed by atoms with van der Waals surface area (Å²) in [5, 5.41) is 9.07. The van der Waals surface area contributed by atoms with Gasteiger partial charge in [0, 0.05) is 25.7 Å². The van der Waals surface area contributed by atoms with Gasteiger partial charge < -0.3 is 9.47 Å². The van der Waals surface area contributed by atoms with Crippen molar-refractivity contribution in [3.63, 3.8) is 0 Å². The van der Waals surface area contributed by atoms with Crippen LogP contribution in [0.5, 0.6) is 0 Å². The maximum absolute atomic E-state index is 4.55. The Kier molecular flexibility index (Phi) is 5.33. The number of nitrogens with zero attached hydrogens (tertiary/aromatic N) is 5. The molecule has 0 amide bonds. The number of aromatic nitrogens is 4. The standard InChI is InChI=1S/C23H31N5/c1-4-10-23(11-5-2)12-14-28(15-13-23)22-9-7-19(25-26-22)18-6-8-21-20(16-18)24-17-27(21)3/h6-9,16-17H,4-5,10-15H2,1-3H3. The molecule has 28 heavy (non-hydrogen) atoms. The summed E-state index contributed by atoms with van der Waals surface area (Å²) in [5.74, 6) is 1.00. The first-order valence-corrected chi connectivity index (χ1v) is 10.6. The number of benzene rings is 1. The molecular weight excluding hydrogens is 346 g/mol. The summed E-state index contributed by atoms with van der Waals surface area (Å²) in [5.41, 5.74) is 4.63. The van der Waals surface area contributed by atoms with Crippen LogP contribution in [0.4, 0.5) is 5.82 Å². The number of anilines is 1. The smallest absolute Gasteiger partial charge is 0.151 e. The minimum Gasteiger partial charge on any atom is -0.355 e. The zero-order valence-electron chi connectivity index (χ0n) is 17.4. The van der Waals surface area contributed by atoms with E-state index in [-0.39, 0.29) is 0 Å². The van der Waals surface area contributed by atoms with Crippen LogP contribution in [-0.4, -0.2) is 32.8 Å². The molecule has 0 bridgehead atoms. The van der Waals surface area contributed by atoms with Gasteiger partial charge in [0.2, 0.25) is 0 Å². The second-order valence-electron chi connectivity index (χ2n) is 8.32. The molecule has 1 aliphatic heterocycles. The maximum atomic E-state index is 4.55. The highest BCUT2D eigenvalue weighted by atomic mass is 15.3. The van der Waals surface area contributed by atoms with Gasteiger partial charge in [0.05, 0.1) is 23.1 Å². The number of piperidine rings is 1. The van der Waals surface area contributed by atoms with Gasteiger partial charge in [0.1, 0.15) is 0 Å². The van der Waals surface area contributed by atoms with Gasteiger partial charge in [-0.2, -0.15) is 0 Å². The van der Waals surface area contributed by atoms with Crippen LogP contribution in [0.2, 0.25) is 0 Å². The maximum Gasteiger partial charge on any atom is 0.151 e. The normalized spacial score (nSPS) is 16.6. The Morgan fingerprint density at radius 3 is 2.36 bits per heavy atom. The first-order valence-electron chi connectivity index (χ1n) is 10.6. The quantitative estimate of drug-likeness (QED) is 0.591. The molecule has 1 aromatic carbocycles. The minimum atomic E-state index is 0.547. The van der Waals surface area contributed by atoms with E-state index in [0.29, 0.717) is 5.41 Å². The summed E-state index contributed by atoms with van der Waals surface area (Å²) in [6, 6.07) is 10.5. The van der Waals surface area contributed by atoms with Crippen LogP contribution in [0, 0.1) is 5.41 Å². The number of hydrogen-bond donors (Lipinski definition) is 0. The Hall–Kier alpha value is -2.43. The van der Waals surface area contributed by atoms with Crippen LogP contribution in [0.3, 0.4) is 0 Å². The SMILES string of the molecule is CCCC1(CCC)CCN(c2ccc(-c3ccc4c(c3)ncn4C)nn2)CC1. The molecule has 1 saturated heterocycles. The zero-order valence-corrected chi connectivity index (χ0v) is 17.4. The Balaban J connectivity index is 1.47. The van der Waals surface area contributed by atoms with Crippen LogP contribution in [0.1, 0.15) is 52.4 Å². The van der Waals surface area contributed by atoms with Gasteiger partial charge in [-0.05, 0) is 55.4 Å². The summed E-state index contributed by atoms with van der Waals surface area (Å²) in [4.78, 5) is 6.85. The molecule has 2 aromatic heterocycles. The van der Waals surface area contributed by atoms with Crippen LogP contribution >= 0.6 is 0 Å². The Morgan fingerprint density at radius 1 is 0.964 bits per heavy atom. The fourth-order valence-electron chi connectivity index (χ4n) is 4.84. The fraction of sp³-hybridized carbons (Fsp3) is 0.522. The first-order chi connectivity index (χ1) is 13.6. The van der Waals surface area contributed by atoms with Crippen LogP contribution in [0.15, 0.2) is 36.7 Å². The van der Waals surface area contributed by atoms with Crippen molar-refractivity contribution in [3.05, 3.63) is 36.7 Å². The van der Waals surface area contributed by atoms with Gasteiger partial charge in [0.25, 0.3) is 0 Å². The van der Waals surface area contributed by atoms with E-state index in [9.17, 15) is 0 Å². The van der Waals surface area contributed by atoms with Crippen molar-refractivity contribution in [2.75, 3.05) is 18.0 Å². The lowest BCUT2D eigenvalue weighted by atomic mass is 9.72. The van der Waals surface area contributed by atoms with Crippen molar-refractivity contribution in [1.29, 1.82) is 0 Å².